The number of anilines is 2. The molecule has 0 saturated heterocycles. The number of hydrogen-bond donors (Lipinski definition) is 2. The van der Waals surface area contributed by atoms with Crippen molar-refractivity contribution in [3.8, 4) is 11.3 Å². The van der Waals surface area contributed by atoms with E-state index in [0.29, 0.717) is 38.8 Å². The molecule has 2 aromatic heterocycles. The van der Waals surface area contributed by atoms with Gasteiger partial charge in [-0.25, -0.2) is 13.8 Å². The molecule has 6 nitrogen and oxygen atoms in total. The molecule has 0 saturated carbocycles. The van der Waals surface area contributed by atoms with E-state index >= 15 is 0 Å². The second-order valence-electron chi connectivity index (χ2n) is 7.33. The Balaban J connectivity index is 1.78. The van der Waals surface area contributed by atoms with Crippen molar-refractivity contribution in [3.05, 3.63) is 76.9 Å². The lowest BCUT2D eigenvalue weighted by Gasteiger charge is -2.21. The lowest BCUT2D eigenvalue weighted by molar-refractivity contribution is 0.0175. The highest BCUT2D eigenvalue weighted by Gasteiger charge is 2.24. The number of aromatic nitrogens is 3. The Morgan fingerprint density at radius 1 is 1.06 bits per heavy atom. The summed E-state index contributed by atoms with van der Waals surface area (Å²) in [4.78, 5) is 10.8. The summed E-state index contributed by atoms with van der Waals surface area (Å²) in [5, 5.41) is 17.0. The van der Waals surface area contributed by atoms with Crippen LogP contribution in [-0.2, 0) is 5.92 Å². The van der Waals surface area contributed by atoms with Gasteiger partial charge in [-0.3, -0.25) is 15.4 Å². The lowest BCUT2D eigenvalue weighted by Crippen LogP contribution is -2.26. The molecular formula is C23H19ClF2N6. The summed E-state index contributed by atoms with van der Waals surface area (Å²) in [6.07, 6.45) is 1.01. The largest absolute Gasteiger partial charge is 0.313 e. The number of nitrogens with one attached hydrogen (secondary N) is 2. The monoisotopic (exact) mass is 452 g/mol. The second kappa shape index (κ2) is 8.12. The van der Waals surface area contributed by atoms with Crippen LogP contribution >= 0.6 is 11.6 Å². The molecule has 9 heteroatoms. The van der Waals surface area contributed by atoms with Gasteiger partial charge < -0.3 is 4.90 Å². The third-order valence-corrected chi connectivity index (χ3v) is 5.35. The van der Waals surface area contributed by atoms with E-state index in [1.807, 2.05) is 6.07 Å². The molecule has 162 valence electrons. The van der Waals surface area contributed by atoms with Crippen molar-refractivity contribution in [2.75, 3.05) is 11.9 Å². The topological polar surface area (TPSA) is 81.7 Å². The number of fused-ring (bicyclic) bond motifs is 1. The van der Waals surface area contributed by atoms with Crippen LogP contribution in [0, 0.1) is 10.8 Å². The molecule has 4 aromatic rings. The summed E-state index contributed by atoms with van der Waals surface area (Å²) in [5.74, 6) is -1.87. The SMILES string of the molecule is CN(c1cccc(-c2ccc(C(C)(F)F)cc2)n1)c1nc(=N)n(C=N)c2cc(Cl)ccc12. The highest BCUT2D eigenvalue weighted by Crippen LogP contribution is 2.31. The van der Waals surface area contributed by atoms with Crippen LogP contribution in [0.3, 0.4) is 0 Å². The minimum absolute atomic E-state index is 0.0596. The molecule has 0 atom stereocenters. The van der Waals surface area contributed by atoms with Crippen molar-refractivity contribution in [3.63, 3.8) is 0 Å². The van der Waals surface area contributed by atoms with Crippen LogP contribution in [0.4, 0.5) is 20.4 Å². The fourth-order valence-corrected chi connectivity index (χ4v) is 3.59. The average molecular weight is 453 g/mol. The number of benzene rings is 2. The first-order valence-electron chi connectivity index (χ1n) is 9.65. The summed E-state index contributed by atoms with van der Waals surface area (Å²) in [6.45, 7) is 0.864. The Morgan fingerprint density at radius 3 is 2.44 bits per heavy atom. The molecule has 0 unspecified atom stereocenters. The van der Waals surface area contributed by atoms with E-state index in [9.17, 15) is 8.78 Å². The molecule has 2 aromatic carbocycles. The maximum atomic E-state index is 13.5. The van der Waals surface area contributed by atoms with Crippen molar-refractivity contribution in [2.24, 2.45) is 0 Å². The van der Waals surface area contributed by atoms with E-state index in [0.717, 1.165) is 13.3 Å². The van der Waals surface area contributed by atoms with E-state index < -0.39 is 5.92 Å². The molecule has 2 heterocycles. The molecule has 0 bridgehead atoms. The van der Waals surface area contributed by atoms with Gasteiger partial charge in [0.15, 0.2) is 0 Å². The zero-order valence-electron chi connectivity index (χ0n) is 17.3. The number of rotatable bonds is 5. The van der Waals surface area contributed by atoms with Gasteiger partial charge in [-0.1, -0.05) is 41.9 Å². The number of hydrogen-bond acceptors (Lipinski definition) is 5. The maximum Gasteiger partial charge on any atom is 0.270 e. The fraction of sp³-hybridized carbons (Fsp3) is 0.130. The van der Waals surface area contributed by atoms with Gasteiger partial charge in [-0.05, 0) is 30.3 Å². The first kappa shape index (κ1) is 21.6. The summed E-state index contributed by atoms with van der Waals surface area (Å²) in [7, 11) is 1.78. The number of pyridine rings is 1. The Hall–Kier alpha value is -3.65. The van der Waals surface area contributed by atoms with Gasteiger partial charge in [0.1, 0.15) is 11.6 Å². The molecule has 0 spiro atoms. The maximum absolute atomic E-state index is 13.5. The van der Waals surface area contributed by atoms with E-state index in [4.69, 9.17) is 22.4 Å². The van der Waals surface area contributed by atoms with Crippen LogP contribution < -0.4 is 10.5 Å². The smallest absolute Gasteiger partial charge is 0.270 e. The minimum atomic E-state index is -2.90. The van der Waals surface area contributed by atoms with Crippen LogP contribution in [0.1, 0.15) is 12.5 Å². The van der Waals surface area contributed by atoms with Gasteiger partial charge in [0.2, 0.25) is 5.62 Å². The van der Waals surface area contributed by atoms with Crippen LogP contribution in [0.2, 0.25) is 5.02 Å². The van der Waals surface area contributed by atoms with E-state index in [-0.39, 0.29) is 11.2 Å². The standard InChI is InChI=1S/C23H19ClF2N6/c1-23(25,26)15-8-6-14(7-9-15)18-4-3-5-20(29-18)31(2)21-17-11-10-16(24)12-19(17)32(13-27)22(28)30-21/h3-13,27-28H,1-2H3. The van der Waals surface area contributed by atoms with Crippen molar-refractivity contribution >= 4 is 40.5 Å². The molecular weight excluding hydrogens is 434 g/mol. The second-order valence-corrected chi connectivity index (χ2v) is 7.76. The third kappa shape index (κ3) is 3.97. The zero-order valence-corrected chi connectivity index (χ0v) is 18.0. The fourth-order valence-electron chi connectivity index (χ4n) is 3.42. The Labute approximate surface area is 187 Å². The van der Waals surface area contributed by atoms with Crippen molar-refractivity contribution in [2.45, 2.75) is 12.8 Å². The average Bonchev–Trinajstić information content (AvgIpc) is 2.77. The lowest BCUT2D eigenvalue weighted by atomic mass is 10.1. The van der Waals surface area contributed by atoms with Crippen LogP contribution in [0.25, 0.3) is 22.2 Å². The Morgan fingerprint density at radius 2 is 1.78 bits per heavy atom. The summed E-state index contributed by atoms with van der Waals surface area (Å²) in [5.41, 5.74) is 1.71. The molecule has 0 aliphatic carbocycles. The van der Waals surface area contributed by atoms with Gasteiger partial charge >= 0.3 is 0 Å². The van der Waals surface area contributed by atoms with Crippen molar-refractivity contribution in [1.29, 1.82) is 10.8 Å². The van der Waals surface area contributed by atoms with Gasteiger partial charge in [-0.15, -0.1) is 0 Å². The molecule has 4 rings (SSSR count). The Kier molecular flexibility index (Phi) is 5.48. The van der Waals surface area contributed by atoms with Crippen molar-refractivity contribution < 1.29 is 8.78 Å². The summed E-state index contributed by atoms with van der Waals surface area (Å²) >= 11 is 6.13. The highest BCUT2D eigenvalue weighted by atomic mass is 35.5. The van der Waals surface area contributed by atoms with Crippen molar-refractivity contribution in [1.82, 2.24) is 14.5 Å². The normalized spacial score (nSPS) is 11.5. The molecule has 0 fully saturated rings. The molecule has 0 aliphatic rings. The van der Waals surface area contributed by atoms with E-state index in [1.54, 1.807) is 54.4 Å². The molecule has 0 amide bonds. The van der Waals surface area contributed by atoms with E-state index in [2.05, 4.69) is 9.97 Å². The third-order valence-electron chi connectivity index (χ3n) is 5.11. The summed E-state index contributed by atoms with van der Waals surface area (Å²) < 4.78 is 28.4. The molecule has 0 radical (unpaired) electrons. The van der Waals surface area contributed by atoms with Gasteiger partial charge in [0.05, 0.1) is 17.5 Å². The molecule has 0 aliphatic heterocycles. The first-order chi connectivity index (χ1) is 15.2. The van der Waals surface area contributed by atoms with Gasteiger partial charge in [0.25, 0.3) is 5.92 Å². The quantitative estimate of drug-likeness (QED) is 0.307. The molecule has 32 heavy (non-hydrogen) atoms. The first-order valence-corrected chi connectivity index (χ1v) is 10.0. The minimum Gasteiger partial charge on any atom is -0.313 e. The summed E-state index contributed by atoms with van der Waals surface area (Å²) in [6, 6.07) is 16.6. The van der Waals surface area contributed by atoms with Crippen LogP contribution in [0.15, 0.2) is 60.7 Å². The molecule has 2 N–H and O–H groups in total. The number of halogens is 3. The Bertz CT molecular complexity index is 1380. The van der Waals surface area contributed by atoms with Crippen LogP contribution in [-0.4, -0.2) is 27.9 Å². The number of nitrogens with zero attached hydrogens (tertiary/aromatic N) is 4. The predicted molar refractivity (Wildman–Crippen MR) is 122 cm³/mol. The highest BCUT2D eigenvalue weighted by molar-refractivity contribution is 6.31. The van der Waals surface area contributed by atoms with E-state index in [1.165, 1.54) is 16.7 Å². The zero-order chi connectivity index (χ0) is 23.0. The van der Waals surface area contributed by atoms with Gasteiger partial charge in [-0.2, -0.15) is 4.98 Å². The van der Waals surface area contributed by atoms with Gasteiger partial charge in [0, 0.05) is 35.5 Å². The number of alkyl halides is 2. The predicted octanol–water partition coefficient (Wildman–Crippen LogP) is 5.57. The van der Waals surface area contributed by atoms with Crippen LogP contribution in [0.5, 0.6) is 0 Å².